The number of carbonyl (C=O) groups is 1. The highest BCUT2D eigenvalue weighted by atomic mass is 32.2. The van der Waals surface area contributed by atoms with Gasteiger partial charge in [-0.2, -0.15) is 5.10 Å². The number of hydrogen-bond donors (Lipinski definition) is 1. The Hall–Kier alpha value is -2.67. The molecule has 1 amide bonds. The third-order valence-corrected chi connectivity index (χ3v) is 4.07. The lowest BCUT2D eigenvalue weighted by Gasteiger charge is -2.03. The van der Waals surface area contributed by atoms with E-state index in [4.69, 9.17) is 0 Å². The number of rotatable bonds is 6. The second-order valence-electron chi connectivity index (χ2n) is 5.03. The summed E-state index contributed by atoms with van der Waals surface area (Å²) < 4.78 is 1.76. The molecule has 7 heteroatoms. The molecule has 6 nitrogen and oxygen atoms in total. The van der Waals surface area contributed by atoms with Gasteiger partial charge in [-0.05, 0) is 29.5 Å². The molecule has 0 radical (unpaired) electrons. The van der Waals surface area contributed by atoms with Gasteiger partial charge >= 0.3 is 0 Å². The van der Waals surface area contributed by atoms with E-state index < -0.39 is 0 Å². The SMILES string of the molecule is CCSc1ccc(C(=O)Nc2ccn(Cc3cccnc3)n2)cn1. The number of thioether (sulfide) groups is 1. The summed E-state index contributed by atoms with van der Waals surface area (Å²) in [6.45, 7) is 2.67. The van der Waals surface area contributed by atoms with Crippen molar-refractivity contribution >= 4 is 23.5 Å². The van der Waals surface area contributed by atoms with Crippen molar-refractivity contribution in [1.82, 2.24) is 19.7 Å². The van der Waals surface area contributed by atoms with Crippen molar-refractivity contribution in [1.29, 1.82) is 0 Å². The van der Waals surface area contributed by atoms with E-state index in [2.05, 4.69) is 27.3 Å². The minimum absolute atomic E-state index is 0.220. The molecule has 0 aliphatic heterocycles. The summed E-state index contributed by atoms with van der Waals surface area (Å²) in [6, 6.07) is 9.25. The third kappa shape index (κ3) is 4.20. The van der Waals surface area contributed by atoms with E-state index in [1.807, 2.05) is 24.4 Å². The highest BCUT2D eigenvalue weighted by Gasteiger charge is 2.09. The number of nitrogens with one attached hydrogen (secondary N) is 1. The molecule has 0 saturated carbocycles. The first-order chi connectivity index (χ1) is 11.7. The van der Waals surface area contributed by atoms with Crippen LogP contribution >= 0.6 is 11.8 Å². The number of carbonyl (C=O) groups excluding carboxylic acids is 1. The van der Waals surface area contributed by atoms with Gasteiger partial charge < -0.3 is 5.32 Å². The molecule has 3 aromatic heterocycles. The van der Waals surface area contributed by atoms with Crippen molar-refractivity contribution in [3.63, 3.8) is 0 Å². The summed E-state index contributed by atoms with van der Waals surface area (Å²) in [6.07, 6.45) is 6.93. The topological polar surface area (TPSA) is 72.7 Å². The quantitative estimate of drug-likeness (QED) is 0.699. The van der Waals surface area contributed by atoms with Gasteiger partial charge in [-0.15, -0.1) is 11.8 Å². The summed E-state index contributed by atoms with van der Waals surface area (Å²) in [4.78, 5) is 20.6. The molecule has 0 aliphatic carbocycles. The van der Waals surface area contributed by atoms with Gasteiger partial charge in [0.2, 0.25) is 0 Å². The van der Waals surface area contributed by atoms with E-state index in [9.17, 15) is 4.79 Å². The van der Waals surface area contributed by atoms with Crippen LogP contribution in [0.5, 0.6) is 0 Å². The zero-order valence-corrected chi connectivity index (χ0v) is 14.0. The molecule has 122 valence electrons. The normalized spacial score (nSPS) is 10.5. The number of aromatic nitrogens is 4. The number of amides is 1. The van der Waals surface area contributed by atoms with Crippen molar-refractivity contribution in [3.05, 3.63) is 66.2 Å². The van der Waals surface area contributed by atoms with Crippen molar-refractivity contribution in [3.8, 4) is 0 Å². The first-order valence-corrected chi connectivity index (χ1v) is 8.55. The molecular formula is C17H17N5OS. The zero-order valence-electron chi connectivity index (χ0n) is 13.2. The molecule has 3 rings (SSSR count). The summed E-state index contributed by atoms with van der Waals surface area (Å²) in [7, 11) is 0. The maximum atomic E-state index is 12.2. The Bertz CT molecular complexity index is 801. The first kappa shape index (κ1) is 16.2. The van der Waals surface area contributed by atoms with Gasteiger partial charge in [-0.3, -0.25) is 14.5 Å². The van der Waals surface area contributed by atoms with Crippen LogP contribution < -0.4 is 5.32 Å². The van der Waals surface area contributed by atoms with Crippen LogP contribution in [0.4, 0.5) is 5.82 Å². The molecule has 0 spiro atoms. The Morgan fingerprint density at radius 2 is 2.17 bits per heavy atom. The predicted octanol–water partition coefficient (Wildman–Crippen LogP) is 3.09. The van der Waals surface area contributed by atoms with Gasteiger partial charge in [0.25, 0.3) is 5.91 Å². The van der Waals surface area contributed by atoms with E-state index in [1.165, 1.54) is 0 Å². The van der Waals surface area contributed by atoms with Crippen LogP contribution in [0.2, 0.25) is 0 Å². The predicted molar refractivity (Wildman–Crippen MR) is 94.2 cm³/mol. The van der Waals surface area contributed by atoms with E-state index in [0.29, 0.717) is 17.9 Å². The number of anilines is 1. The Morgan fingerprint density at radius 3 is 2.88 bits per heavy atom. The molecule has 0 aromatic carbocycles. The van der Waals surface area contributed by atoms with Crippen molar-refractivity contribution in [2.45, 2.75) is 18.5 Å². The highest BCUT2D eigenvalue weighted by molar-refractivity contribution is 7.99. The lowest BCUT2D eigenvalue weighted by molar-refractivity contribution is 0.102. The molecule has 3 aromatic rings. The molecule has 0 saturated heterocycles. The monoisotopic (exact) mass is 339 g/mol. The maximum absolute atomic E-state index is 12.2. The average molecular weight is 339 g/mol. The smallest absolute Gasteiger partial charge is 0.258 e. The largest absolute Gasteiger partial charge is 0.305 e. The fraction of sp³-hybridized carbons (Fsp3) is 0.176. The molecule has 0 unspecified atom stereocenters. The first-order valence-electron chi connectivity index (χ1n) is 7.57. The molecule has 0 aliphatic rings. The van der Waals surface area contributed by atoms with Crippen LogP contribution in [0, 0.1) is 0 Å². The summed E-state index contributed by atoms with van der Waals surface area (Å²) >= 11 is 1.64. The molecule has 3 heterocycles. The fourth-order valence-corrected chi connectivity index (χ4v) is 2.72. The lowest BCUT2D eigenvalue weighted by atomic mass is 10.3. The zero-order chi connectivity index (χ0) is 16.8. The standard InChI is InChI=1S/C17H17N5OS/c1-2-24-16-6-5-14(11-19-16)17(23)20-15-7-9-22(21-15)12-13-4-3-8-18-10-13/h3-11H,2,12H2,1H3,(H,20,21,23). The van der Waals surface area contributed by atoms with Crippen molar-refractivity contribution in [2.75, 3.05) is 11.1 Å². The molecule has 1 N–H and O–H groups in total. The van der Waals surface area contributed by atoms with E-state index in [-0.39, 0.29) is 5.91 Å². The summed E-state index contributed by atoms with van der Waals surface area (Å²) in [5.41, 5.74) is 1.56. The van der Waals surface area contributed by atoms with Gasteiger partial charge in [0.05, 0.1) is 17.1 Å². The van der Waals surface area contributed by atoms with Crippen LogP contribution in [-0.2, 0) is 6.54 Å². The highest BCUT2D eigenvalue weighted by Crippen LogP contribution is 2.15. The molecule has 0 bridgehead atoms. The van der Waals surface area contributed by atoms with Crippen molar-refractivity contribution in [2.24, 2.45) is 0 Å². The van der Waals surface area contributed by atoms with E-state index in [1.54, 1.807) is 47.2 Å². The molecule has 0 atom stereocenters. The minimum Gasteiger partial charge on any atom is -0.305 e. The molecular weight excluding hydrogens is 322 g/mol. The van der Waals surface area contributed by atoms with E-state index in [0.717, 1.165) is 16.3 Å². The number of pyridine rings is 2. The summed E-state index contributed by atoms with van der Waals surface area (Å²) in [5.74, 6) is 1.24. The third-order valence-electron chi connectivity index (χ3n) is 3.24. The Balaban J connectivity index is 1.62. The molecule has 24 heavy (non-hydrogen) atoms. The van der Waals surface area contributed by atoms with Crippen LogP contribution in [-0.4, -0.2) is 31.4 Å². The second-order valence-corrected chi connectivity index (χ2v) is 6.32. The molecule has 0 fully saturated rings. The van der Waals surface area contributed by atoms with Gasteiger partial charge in [-0.1, -0.05) is 13.0 Å². The van der Waals surface area contributed by atoms with Crippen LogP contribution in [0.1, 0.15) is 22.8 Å². The lowest BCUT2D eigenvalue weighted by Crippen LogP contribution is -2.13. The van der Waals surface area contributed by atoms with Gasteiger partial charge in [0.1, 0.15) is 0 Å². The Morgan fingerprint density at radius 1 is 1.25 bits per heavy atom. The summed E-state index contributed by atoms with van der Waals surface area (Å²) in [5, 5.41) is 8.04. The fourth-order valence-electron chi connectivity index (χ4n) is 2.13. The van der Waals surface area contributed by atoms with Crippen LogP contribution in [0.15, 0.2) is 60.1 Å². The Kier molecular flexibility index (Phi) is 5.22. The van der Waals surface area contributed by atoms with Crippen molar-refractivity contribution < 1.29 is 4.79 Å². The van der Waals surface area contributed by atoms with Gasteiger partial charge in [-0.25, -0.2) is 4.98 Å². The average Bonchev–Trinajstić information content (AvgIpc) is 3.03. The van der Waals surface area contributed by atoms with E-state index >= 15 is 0 Å². The van der Waals surface area contributed by atoms with Crippen LogP contribution in [0.25, 0.3) is 0 Å². The number of nitrogens with zero attached hydrogens (tertiary/aromatic N) is 4. The van der Waals surface area contributed by atoms with Crippen LogP contribution in [0.3, 0.4) is 0 Å². The van der Waals surface area contributed by atoms with Gasteiger partial charge in [0, 0.05) is 30.9 Å². The maximum Gasteiger partial charge on any atom is 0.258 e. The number of hydrogen-bond acceptors (Lipinski definition) is 5. The second kappa shape index (κ2) is 7.74. The minimum atomic E-state index is -0.220. The van der Waals surface area contributed by atoms with Gasteiger partial charge in [0.15, 0.2) is 5.82 Å². The Labute approximate surface area is 144 Å².